The van der Waals surface area contributed by atoms with Crippen molar-refractivity contribution in [3.8, 4) is 11.8 Å². The van der Waals surface area contributed by atoms with E-state index in [1.165, 1.54) is 5.56 Å². The molecule has 21 heavy (non-hydrogen) atoms. The normalized spacial score (nSPS) is 12.5. The fourth-order valence-corrected chi connectivity index (χ4v) is 2.43. The van der Waals surface area contributed by atoms with Gasteiger partial charge in [-0.25, -0.2) is 4.98 Å². The van der Waals surface area contributed by atoms with Crippen LogP contribution in [0.25, 0.3) is 0 Å². The van der Waals surface area contributed by atoms with E-state index in [-0.39, 0.29) is 5.91 Å². The van der Waals surface area contributed by atoms with Crippen molar-refractivity contribution in [3.63, 3.8) is 0 Å². The quantitative estimate of drug-likeness (QED) is 0.805. The lowest BCUT2D eigenvalue weighted by Crippen LogP contribution is -2.29. The van der Waals surface area contributed by atoms with Gasteiger partial charge in [-0.15, -0.1) is 0 Å². The zero-order valence-corrected chi connectivity index (χ0v) is 11.5. The molecule has 3 rings (SSSR count). The molecule has 0 fully saturated rings. The molecule has 104 valence electrons. The van der Waals surface area contributed by atoms with E-state index in [0.29, 0.717) is 18.8 Å². The number of amides is 1. The number of pyridine rings is 1. The van der Waals surface area contributed by atoms with Crippen LogP contribution in [0.3, 0.4) is 0 Å². The van der Waals surface area contributed by atoms with Gasteiger partial charge < -0.3 is 10.6 Å². The van der Waals surface area contributed by atoms with Crippen LogP contribution < -0.4 is 10.6 Å². The summed E-state index contributed by atoms with van der Waals surface area (Å²) in [6.45, 7) is 1.01. The van der Waals surface area contributed by atoms with Crippen LogP contribution in [-0.2, 0) is 6.42 Å². The Bertz CT molecular complexity index is 726. The SMILES string of the molecule is NCC#Cc1ccc(C(=O)N2CCc3ccccc32)nc1. The summed E-state index contributed by atoms with van der Waals surface area (Å²) in [5.41, 5.74) is 8.71. The van der Waals surface area contributed by atoms with Gasteiger partial charge in [-0.05, 0) is 30.2 Å². The fraction of sp³-hybridized carbons (Fsp3) is 0.176. The first-order chi connectivity index (χ1) is 10.3. The molecule has 1 amide bonds. The smallest absolute Gasteiger partial charge is 0.276 e. The van der Waals surface area contributed by atoms with Crippen molar-refractivity contribution >= 4 is 11.6 Å². The van der Waals surface area contributed by atoms with E-state index >= 15 is 0 Å². The lowest BCUT2D eigenvalue weighted by atomic mass is 10.2. The largest absolute Gasteiger partial charge is 0.320 e. The molecule has 1 aliphatic rings. The lowest BCUT2D eigenvalue weighted by molar-refractivity contribution is 0.0984. The second-order valence-corrected chi connectivity index (χ2v) is 4.77. The van der Waals surface area contributed by atoms with Crippen molar-refractivity contribution in [1.82, 2.24) is 4.98 Å². The van der Waals surface area contributed by atoms with Gasteiger partial charge >= 0.3 is 0 Å². The van der Waals surface area contributed by atoms with E-state index in [0.717, 1.165) is 17.7 Å². The maximum absolute atomic E-state index is 12.5. The number of hydrogen-bond donors (Lipinski definition) is 1. The van der Waals surface area contributed by atoms with Gasteiger partial charge in [-0.1, -0.05) is 30.0 Å². The van der Waals surface area contributed by atoms with Crippen LogP contribution in [0.5, 0.6) is 0 Å². The van der Waals surface area contributed by atoms with Crippen molar-refractivity contribution in [1.29, 1.82) is 0 Å². The highest BCUT2D eigenvalue weighted by molar-refractivity contribution is 6.06. The first kappa shape index (κ1) is 13.3. The highest BCUT2D eigenvalue weighted by Gasteiger charge is 2.25. The summed E-state index contributed by atoms with van der Waals surface area (Å²) < 4.78 is 0. The van der Waals surface area contributed by atoms with Crippen LogP contribution in [-0.4, -0.2) is 24.0 Å². The second-order valence-electron chi connectivity index (χ2n) is 4.77. The molecule has 4 nitrogen and oxygen atoms in total. The van der Waals surface area contributed by atoms with E-state index < -0.39 is 0 Å². The summed E-state index contributed by atoms with van der Waals surface area (Å²) in [4.78, 5) is 18.5. The Balaban J connectivity index is 1.83. The molecule has 0 saturated heterocycles. The van der Waals surface area contributed by atoms with Crippen molar-refractivity contribution in [3.05, 3.63) is 59.4 Å². The standard InChI is InChI=1S/C17H15N3O/c18-10-3-4-13-7-8-15(19-12-13)17(21)20-11-9-14-5-1-2-6-16(14)20/h1-2,5-8,12H,9-11,18H2. The first-order valence-electron chi connectivity index (χ1n) is 6.84. The van der Waals surface area contributed by atoms with Crippen molar-refractivity contribution in [2.24, 2.45) is 5.73 Å². The average Bonchev–Trinajstić information content (AvgIpc) is 2.97. The van der Waals surface area contributed by atoms with E-state index in [1.807, 2.05) is 18.2 Å². The van der Waals surface area contributed by atoms with Crippen LogP contribution in [0.2, 0.25) is 0 Å². The number of fused-ring (bicyclic) bond motifs is 1. The monoisotopic (exact) mass is 277 g/mol. The van der Waals surface area contributed by atoms with Gasteiger partial charge in [0.1, 0.15) is 5.69 Å². The Morgan fingerprint density at radius 1 is 1.29 bits per heavy atom. The van der Waals surface area contributed by atoms with Gasteiger partial charge in [0.15, 0.2) is 0 Å². The Morgan fingerprint density at radius 2 is 2.14 bits per heavy atom. The van der Waals surface area contributed by atoms with E-state index in [2.05, 4.69) is 22.9 Å². The number of carbonyl (C=O) groups is 1. The Hall–Kier alpha value is -2.64. The molecule has 0 bridgehead atoms. The van der Waals surface area contributed by atoms with Gasteiger partial charge in [0, 0.05) is 24.0 Å². The van der Waals surface area contributed by atoms with E-state index in [9.17, 15) is 4.79 Å². The minimum atomic E-state index is -0.0710. The molecule has 1 aliphatic heterocycles. The van der Waals surface area contributed by atoms with Gasteiger partial charge in [0.25, 0.3) is 5.91 Å². The molecule has 2 heterocycles. The number of carbonyl (C=O) groups excluding carboxylic acids is 1. The Labute approximate surface area is 123 Å². The number of para-hydroxylation sites is 1. The van der Waals surface area contributed by atoms with Crippen LogP contribution in [0.1, 0.15) is 21.6 Å². The van der Waals surface area contributed by atoms with Crippen LogP contribution in [0.15, 0.2) is 42.6 Å². The van der Waals surface area contributed by atoms with Gasteiger partial charge in [-0.2, -0.15) is 0 Å². The molecule has 4 heteroatoms. The molecule has 0 saturated carbocycles. The Kier molecular flexibility index (Phi) is 3.67. The van der Waals surface area contributed by atoms with Crippen LogP contribution in [0, 0.1) is 11.8 Å². The van der Waals surface area contributed by atoms with Gasteiger partial charge in [0.2, 0.25) is 0 Å². The number of anilines is 1. The fourth-order valence-electron chi connectivity index (χ4n) is 2.43. The van der Waals surface area contributed by atoms with Crippen molar-refractivity contribution < 1.29 is 4.79 Å². The number of rotatable bonds is 1. The third-order valence-electron chi connectivity index (χ3n) is 3.45. The molecule has 2 aromatic rings. The predicted octanol–water partition coefficient (Wildman–Crippen LogP) is 1.59. The zero-order valence-electron chi connectivity index (χ0n) is 11.5. The number of nitrogens with zero attached hydrogens (tertiary/aromatic N) is 2. The summed E-state index contributed by atoms with van der Waals surface area (Å²) in [7, 11) is 0. The highest BCUT2D eigenvalue weighted by Crippen LogP contribution is 2.28. The molecular formula is C17H15N3O. The lowest BCUT2D eigenvalue weighted by Gasteiger charge is -2.16. The highest BCUT2D eigenvalue weighted by atomic mass is 16.2. The molecule has 0 aliphatic carbocycles. The summed E-state index contributed by atoms with van der Waals surface area (Å²) in [6.07, 6.45) is 2.50. The minimum absolute atomic E-state index is 0.0710. The molecule has 0 spiro atoms. The third kappa shape index (κ3) is 2.64. The summed E-state index contributed by atoms with van der Waals surface area (Å²) in [6, 6.07) is 11.5. The number of hydrogen-bond acceptors (Lipinski definition) is 3. The zero-order chi connectivity index (χ0) is 14.7. The molecule has 2 N–H and O–H groups in total. The first-order valence-corrected chi connectivity index (χ1v) is 6.84. The predicted molar refractivity (Wildman–Crippen MR) is 82.0 cm³/mol. The molecule has 0 unspecified atom stereocenters. The number of aromatic nitrogens is 1. The average molecular weight is 277 g/mol. The van der Waals surface area contributed by atoms with Crippen molar-refractivity contribution in [2.75, 3.05) is 18.0 Å². The summed E-state index contributed by atoms with van der Waals surface area (Å²) >= 11 is 0. The maximum Gasteiger partial charge on any atom is 0.276 e. The molecule has 1 aromatic heterocycles. The number of benzene rings is 1. The molecular weight excluding hydrogens is 262 g/mol. The topological polar surface area (TPSA) is 59.2 Å². The minimum Gasteiger partial charge on any atom is -0.320 e. The molecule has 0 atom stereocenters. The molecule has 1 aromatic carbocycles. The van der Waals surface area contributed by atoms with Crippen LogP contribution >= 0.6 is 0 Å². The van der Waals surface area contributed by atoms with Crippen molar-refractivity contribution in [2.45, 2.75) is 6.42 Å². The van der Waals surface area contributed by atoms with E-state index in [4.69, 9.17) is 5.73 Å². The summed E-state index contributed by atoms with van der Waals surface area (Å²) in [5, 5.41) is 0. The third-order valence-corrected chi connectivity index (χ3v) is 3.45. The Morgan fingerprint density at radius 3 is 2.90 bits per heavy atom. The second kappa shape index (κ2) is 5.78. The van der Waals surface area contributed by atoms with Crippen LogP contribution in [0.4, 0.5) is 5.69 Å². The van der Waals surface area contributed by atoms with Gasteiger partial charge in [0.05, 0.1) is 6.54 Å². The van der Waals surface area contributed by atoms with Gasteiger partial charge in [-0.3, -0.25) is 4.79 Å². The van der Waals surface area contributed by atoms with E-state index in [1.54, 1.807) is 23.2 Å². The molecule has 0 radical (unpaired) electrons. The summed E-state index contributed by atoms with van der Waals surface area (Å²) in [5.74, 6) is 5.59. The number of nitrogens with two attached hydrogens (primary N) is 1. The maximum atomic E-state index is 12.5.